The second kappa shape index (κ2) is 7.63. The fraction of sp³-hybridized carbons (Fsp3) is 0.529. The molecule has 1 aliphatic heterocycles. The number of sulfonamides is 1. The minimum atomic E-state index is -3.65. The summed E-state index contributed by atoms with van der Waals surface area (Å²) in [4.78, 5) is 4.36. The van der Waals surface area contributed by atoms with Crippen molar-refractivity contribution in [2.45, 2.75) is 30.7 Å². The van der Waals surface area contributed by atoms with Crippen LogP contribution in [0.1, 0.15) is 31.4 Å². The first-order valence-electron chi connectivity index (χ1n) is 8.46. The first-order chi connectivity index (χ1) is 12.0. The first kappa shape index (κ1) is 18.0. The van der Waals surface area contributed by atoms with Gasteiger partial charge in [0, 0.05) is 51.4 Å². The van der Waals surface area contributed by atoms with Crippen LogP contribution >= 0.6 is 0 Å². The Bertz CT molecular complexity index is 785. The molecule has 1 unspecified atom stereocenters. The van der Waals surface area contributed by atoms with Gasteiger partial charge in [-0.1, -0.05) is 6.07 Å². The van der Waals surface area contributed by atoms with Crippen LogP contribution in [-0.4, -0.2) is 47.2 Å². The molecule has 0 bridgehead atoms. The number of ether oxygens (including phenoxy) is 1. The van der Waals surface area contributed by atoms with Crippen molar-refractivity contribution in [3.05, 3.63) is 42.5 Å². The molecule has 25 heavy (non-hydrogen) atoms. The predicted molar refractivity (Wildman–Crippen MR) is 93.3 cm³/mol. The number of aromatic nitrogens is 3. The second-order valence-electron chi connectivity index (χ2n) is 6.44. The van der Waals surface area contributed by atoms with E-state index in [0.717, 1.165) is 18.4 Å². The van der Waals surface area contributed by atoms with Crippen molar-refractivity contribution in [1.82, 2.24) is 19.1 Å². The molecule has 3 rings (SSSR count). The maximum atomic E-state index is 13.3. The molecule has 0 amide bonds. The van der Waals surface area contributed by atoms with Crippen LogP contribution in [0.5, 0.6) is 0 Å². The Morgan fingerprint density at radius 3 is 2.72 bits per heavy atom. The van der Waals surface area contributed by atoms with Gasteiger partial charge in [0.1, 0.15) is 4.90 Å². The topological polar surface area (TPSA) is 77.3 Å². The summed E-state index contributed by atoms with van der Waals surface area (Å²) in [6.07, 6.45) is 8.11. The molecule has 0 saturated carbocycles. The summed E-state index contributed by atoms with van der Waals surface area (Å²) in [6, 6.07) is 3.43. The lowest BCUT2D eigenvalue weighted by Gasteiger charge is -2.33. The summed E-state index contributed by atoms with van der Waals surface area (Å²) < 4.78 is 35.0. The van der Waals surface area contributed by atoms with Crippen molar-refractivity contribution in [1.29, 1.82) is 0 Å². The molecule has 1 saturated heterocycles. The van der Waals surface area contributed by atoms with E-state index in [1.807, 2.05) is 19.1 Å². The lowest BCUT2D eigenvalue weighted by atomic mass is 9.99. The number of hydrogen-bond acceptors (Lipinski definition) is 5. The third-order valence-corrected chi connectivity index (χ3v) is 6.55. The van der Waals surface area contributed by atoms with Crippen LogP contribution in [0.2, 0.25) is 0 Å². The van der Waals surface area contributed by atoms with Gasteiger partial charge in [-0.15, -0.1) is 0 Å². The molecule has 2 aromatic heterocycles. The van der Waals surface area contributed by atoms with E-state index in [1.165, 1.54) is 10.9 Å². The number of nitrogens with zero attached hydrogens (tertiary/aromatic N) is 4. The van der Waals surface area contributed by atoms with Gasteiger partial charge in [-0.25, -0.2) is 8.42 Å². The Morgan fingerprint density at radius 1 is 1.36 bits per heavy atom. The Hall–Kier alpha value is -1.77. The van der Waals surface area contributed by atoms with Crippen LogP contribution in [0, 0.1) is 5.92 Å². The Kier molecular flexibility index (Phi) is 5.51. The molecular formula is C17H24N4O3S. The lowest BCUT2D eigenvalue weighted by molar-refractivity contribution is 0.0581. The minimum absolute atomic E-state index is 0.220. The first-order valence-corrected chi connectivity index (χ1v) is 9.90. The zero-order chi connectivity index (χ0) is 17.9. The van der Waals surface area contributed by atoms with Gasteiger partial charge in [0.15, 0.2) is 0 Å². The monoisotopic (exact) mass is 364 g/mol. The quantitative estimate of drug-likeness (QED) is 0.783. The van der Waals surface area contributed by atoms with Crippen molar-refractivity contribution in [3.63, 3.8) is 0 Å². The highest BCUT2D eigenvalue weighted by Gasteiger charge is 2.33. The maximum Gasteiger partial charge on any atom is 0.246 e. The van der Waals surface area contributed by atoms with Crippen LogP contribution in [0.3, 0.4) is 0 Å². The largest absolute Gasteiger partial charge is 0.381 e. The molecule has 3 heterocycles. The number of hydrogen-bond donors (Lipinski definition) is 0. The number of pyridine rings is 1. The summed E-state index contributed by atoms with van der Waals surface area (Å²) >= 11 is 0. The van der Waals surface area contributed by atoms with Crippen LogP contribution < -0.4 is 0 Å². The van der Waals surface area contributed by atoms with Gasteiger partial charge in [0.2, 0.25) is 10.0 Å². The van der Waals surface area contributed by atoms with Crippen molar-refractivity contribution in [3.8, 4) is 0 Å². The van der Waals surface area contributed by atoms with Crippen LogP contribution in [0.15, 0.2) is 41.8 Å². The van der Waals surface area contributed by atoms with Gasteiger partial charge in [-0.2, -0.15) is 9.40 Å². The smallest absolute Gasteiger partial charge is 0.246 e. The van der Waals surface area contributed by atoms with Gasteiger partial charge >= 0.3 is 0 Å². The zero-order valence-electron chi connectivity index (χ0n) is 14.6. The molecular weight excluding hydrogens is 340 g/mol. The highest BCUT2D eigenvalue weighted by Crippen LogP contribution is 2.30. The SMILES string of the molecule is CC(c1cccnc1)N(CC1CCOCC1)S(=O)(=O)c1cnn(C)c1. The van der Waals surface area contributed by atoms with Gasteiger partial charge < -0.3 is 4.74 Å². The van der Waals surface area contributed by atoms with Crippen molar-refractivity contribution >= 4 is 10.0 Å². The van der Waals surface area contributed by atoms with E-state index < -0.39 is 10.0 Å². The van der Waals surface area contributed by atoms with Crippen molar-refractivity contribution in [2.24, 2.45) is 13.0 Å². The number of aryl methyl sites for hydroxylation is 1. The van der Waals surface area contributed by atoms with Gasteiger partial charge in [0.25, 0.3) is 0 Å². The third kappa shape index (κ3) is 4.08. The van der Waals surface area contributed by atoms with E-state index in [-0.39, 0.29) is 10.9 Å². The summed E-state index contributed by atoms with van der Waals surface area (Å²) in [5.74, 6) is 0.291. The van der Waals surface area contributed by atoms with E-state index in [2.05, 4.69) is 10.1 Å². The molecule has 1 aliphatic rings. The van der Waals surface area contributed by atoms with Crippen molar-refractivity contribution < 1.29 is 13.2 Å². The van der Waals surface area contributed by atoms with Gasteiger partial charge in [-0.05, 0) is 37.3 Å². The average molecular weight is 364 g/mol. The summed E-state index contributed by atoms with van der Waals surface area (Å²) in [6.45, 7) is 3.75. The molecule has 0 aromatic carbocycles. The van der Waals surface area contributed by atoms with E-state index in [4.69, 9.17) is 4.74 Å². The summed E-state index contributed by atoms with van der Waals surface area (Å²) in [5, 5.41) is 4.02. The molecule has 1 atom stereocenters. The predicted octanol–water partition coefficient (Wildman–Crippen LogP) is 1.99. The highest BCUT2D eigenvalue weighted by atomic mass is 32.2. The Balaban J connectivity index is 1.93. The fourth-order valence-electron chi connectivity index (χ4n) is 3.10. The van der Waals surface area contributed by atoms with E-state index in [0.29, 0.717) is 25.7 Å². The van der Waals surface area contributed by atoms with Crippen LogP contribution in [-0.2, 0) is 21.8 Å². The molecule has 0 spiro atoms. The molecule has 0 aliphatic carbocycles. The Morgan fingerprint density at radius 2 is 2.12 bits per heavy atom. The van der Waals surface area contributed by atoms with Gasteiger partial charge in [0.05, 0.1) is 6.20 Å². The maximum absolute atomic E-state index is 13.3. The Labute approximate surface area is 148 Å². The summed E-state index contributed by atoms with van der Waals surface area (Å²) in [7, 11) is -1.93. The summed E-state index contributed by atoms with van der Waals surface area (Å²) in [5.41, 5.74) is 0.877. The standard InChI is InChI=1S/C17H24N4O3S/c1-14(16-4-3-7-18-10-16)21(12-15-5-8-24-9-6-15)25(22,23)17-11-19-20(2)13-17/h3-4,7,10-11,13-15H,5-6,8-9,12H2,1-2H3. The minimum Gasteiger partial charge on any atom is -0.381 e. The van der Waals surface area contributed by atoms with Gasteiger partial charge in [-0.3, -0.25) is 9.67 Å². The molecule has 1 fully saturated rings. The molecule has 2 aromatic rings. The molecule has 0 radical (unpaired) electrons. The van der Waals surface area contributed by atoms with E-state index >= 15 is 0 Å². The van der Waals surface area contributed by atoms with E-state index in [1.54, 1.807) is 29.9 Å². The molecule has 136 valence electrons. The molecule has 0 N–H and O–H groups in total. The molecule has 7 nitrogen and oxygen atoms in total. The zero-order valence-corrected chi connectivity index (χ0v) is 15.4. The highest BCUT2D eigenvalue weighted by molar-refractivity contribution is 7.89. The fourth-order valence-corrected chi connectivity index (χ4v) is 4.79. The van der Waals surface area contributed by atoms with Crippen molar-refractivity contribution in [2.75, 3.05) is 19.8 Å². The third-order valence-electron chi connectivity index (χ3n) is 4.67. The second-order valence-corrected chi connectivity index (χ2v) is 8.33. The van der Waals surface area contributed by atoms with Crippen LogP contribution in [0.25, 0.3) is 0 Å². The normalized spacial score (nSPS) is 17.7. The molecule has 8 heteroatoms. The van der Waals surface area contributed by atoms with E-state index in [9.17, 15) is 8.42 Å². The lowest BCUT2D eigenvalue weighted by Crippen LogP contribution is -2.39. The number of rotatable bonds is 6. The van der Waals surface area contributed by atoms with Crippen LogP contribution in [0.4, 0.5) is 0 Å². The average Bonchev–Trinajstić information content (AvgIpc) is 3.08.